The fourth-order valence-electron chi connectivity index (χ4n) is 1.58. The van der Waals surface area contributed by atoms with Crippen molar-refractivity contribution in [1.82, 2.24) is 15.5 Å². The van der Waals surface area contributed by atoms with E-state index in [0.717, 1.165) is 19.3 Å². The van der Waals surface area contributed by atoms with Crippen LogP contribution in [0.3, 0.4) is 0 Å². The van der Waals surface area contributed by atoms with Crippen LogP contribution >= 0.6 is 11.6 Å². The molecule has 0 saturated heterocycles. The molecule has 14 heavy (non-hydrogen) atoms. The van der Waals surface area contributed by atoms with Crippen LogP contribution in [0.2, 0.25) is 0 Å². The number of amides is 1. The van der Waals surface area contributed by atoms with Gasteiger partial charge in [0.2, 0.25) is 0 Å². The second kappa shape index (κ2) is 3.61. The van der Waals surface area contributed by atoms with Gasteiger partial charge in [0.25, 0.3) is 5.91 Å². The number of carbonyl (C=O) groups excluding carboxylic acids is 1. The Morgan fingerprint density at radius 1 is 1.71 bits per heavy atom. The first kappa shape index (κ1) is 9.52. The summed E-state index contributed by atoms with van der Waals surface area (Å²) in [6.45, 7) is 0. The van der Waals surface area contributed by atoms with Crippen molar-refractivity contribution >= 4 is 17.5 Å². The Morgan fingerprint density at radius 3 is 2.93 bits per heavy atom. The quantitative estimate of drug-likeness (QED) is 0.744. The van der Waals surface area contributed by atoms with Gasteiger partial charge in [0.1, 0.15) is 0 Å². The highest BCUT2D eigenvalue weighted by Crippen LogP contribution is 2.33. The van der Waals surface area contributed by atoms with Gasteiger partial charge in [-0.15, -0.1) is 11.6 Å². The van der Waals surface area contributed by atoms with Gasteiger partial charge in [-0.25, -0.2) is 0 Å². The summed E-state index contributed by atoms with van der Waals surface area (Å²) in [7, 11) is 0. The summed E-state index contributed by atoms with van der Waals surface area (Å²) >= 11 is 5.83. The number of H-pyrrole nitrogens is 1. The summed E-state index contributed by atoms with van der Waals surface area (Å²) in [5, 5.41) is 9.28. The van der Waals surface area contributed by atoms with Crippen LogP contribution < -0.4 is 5.32 Å². The third kappa shape index (κ3) is 1.62. The third-order valence-corrected chi connectivity index (χ3v) is 3.22. The molecule has 1 aromatic heterocycles. The molecule has 1 saturated carbocycles. The molecule has 1 amide bonds. The van der Waals surface area contributed by atoms with E-state index in [2.05, 4.69) is 15.5 Å². The minimum absolute atomic E-state index is 0.0981. The zero-order valence-electron chi connectivity index (χ0n) is 7.72. The molecule has 5 heteroatoms. The molecule has 0 radical (unpaired) electrons. The Hall–Kier alpha value is -1.03. The van der Waals surface area contributed by atoms with Crippen molar-refractivity contribution in [2.24, 2.45) is 0 Å². The van der Waals surface area contributed by atoms with Gasteiger partial charge < -0.3 is 5.32 Å². The molecule has 0 spiro atoms. The normalized spacial score (nSPS) is 18.6. The summed E-state index contributed by atoms with van der Waals surface area (Å²) < 4.78 is 0. The first-order valence-corrected chi connectivity index (χ1v) is 5.16. The molecule has 1 aliphatic carbocycles. The van der Waals surface area contributed by atoms with Crippen molar-refractivity contribution in [3.63, 3.8) is 0 Å². The molecule has 0 unspecified atom stereocenters. The van der Waals surface area contributed by atoms with Crippen molar-refractivity contribution in [2.45, 2.75) is 24.8 Å². The lowest BCUT2D eigenvalue weighted by atomic mass is 9.78. The molecule has 1 aliphatic rings. The van der Waals surface area contributed by atoms with Crippen molar-refractivity contribution in [3.8, 4) is 0 Å². The van der Waals surface area contributed by atoms with Crippen LogP contribution in [0.5, 0.6) is 0 Å². The Kier molecular flexibility index (Phi) is 2.46. The van der Waals surface area contributed by atoms with E-state index in [1.54, 1.807) is 6.20 Å². The maximum absolute atomic E-state index is 11.6. The van der Waals surface area contributed by atoms with E-state index < -0.39 is 0 Å². The third-order valence-electron chi connectivity index (χ3n) is 2.71. The number of alkyl halides is 1. The minimum atomic E-state index is -0.171. The van der Waals surface area contributed by atoms with Crippen LogP contribution in [0.25, 0.3) is 0 Å². The first-order valence-electron chi connectivity index (χ1n) is 4.63. The number of nitrogens with one attached hydrogen (secondary N) is 2. The standard InChI is InChI=1S/C9H12ClN3O/c10-6-9(2-1-3-9)13-8(14)7-4-11-12-5-7/h4-5H,1-3,6H2,(H,11,12)(H,13,14). The monoisotopic (exact) mass is 213 g/mol. The van der Waals surface area contributed by atoms with Gasteiger partial charge >= 0.3 is 0 Å². The van der Waals surface area contributed by atoms with Crippen molar-refractivity contribution < 1.29 is 4.79 Å². The number of nitrogens with zero attached hydrogens (tertiary/aromatic N) is 1. The van der Waals surface area contributed by atoms with Gasteiger partial charge in [-0.05, 0) is 19.3 Å². The molecular weight excluding hydrogens is 202 g/mol. The van der Waals surface area contributed by atoms with Crippen molar-refractivity contribution in [2.75, 3.05) is 5.88 Å². The predicted molar refractivity (Wildman–Crippen MR) is 53.4 cm³/mol. The van der Waals surface area contributed by atoms with Crippen molar-refractivity contribution in [1.29, 1.82) is 0 Å². The van der Waals surface area contributed by atoms with Gasteiger partial charge in [0.15, 0.2) is 0 Å². The smallest absolute Gasteiger partial charge is 0.254 e. The summed E-state index contributed by atoms with van der Waals surface area (Å²) in [5.41, 5.74) is 0.386. The fourth-order valence-corrected chi connectivity index (χ4v) is 1.92. The van der Waals surface area contributed by atoms with Gasteiger partial charge in [0.05, 0.1) is 17.3 Å². The average molecular weight is 214 g/mol. The minimum Gasteiger partial charge on any atom is -0.345 e. The highest BCUT2D eigenvalue weighted by molar-refractivity contribution is 6.19. The molecule has 0 atom stereocenters. The number of aromatic amines is 1. The Balaban J connectivity index is 2.01. The van der Waals surface area contributed by atoms with Crippen LogP contribution in [0.1, 0.15) is 29.6 Å². The lowest BCUT2D eigenvalue weighted by molar-refractivity contribution is 0.0854. The second-order valence-corrected chi connectivity index (χ2v) is 3.98. The number of rotatable bonds is 3. The van der Waals surface area contributed by atoms with Gasteiger partial charge in [-0.2, -0.15) is 5.10 Å². The molecular formula is C9H12ClN3O. The van der Waals surface area contributed by atoms with E-state index in [1.165, 1.54) is 6.20 Å². The van der Waals surface area contributed by atoms with Crippen LogP contribution in [0.4, 0.5) is 0 Å². The predicted octanol–water partition coefficient (Wildman–Crippen LogP) is 1.30. The maximum atomic E-state index is 11.6. The average Bonchev–Trinajstić information content (AvgIpc) is 2.63. The van der Waals surface area contributed by atoms with Gasteiger partial charge in [-0.3, -0.25) is 9.89 Å². The van der Waals surface area contributed by atoms with Crippen LogP contribution in [-0.4, -0.2) is 27.5 Å². The molecule has 2 N–H and O–H groups in total. The largest absolute Gasteiger partial charge is 0.345 e. The Morgan fingerprint density at radius 2 is 2.50 bits per heavy atom. The number of halogens is 1. The number of hydrogen-bond acceptors (Lipinski definition) is 2. The molecule has 1 heterocycles. The summed E-state index contributed by atoms with van der Waals surface area (Å²) in [6, 6.07) is 0. The highest BCUT2D eigenvalue weighted by atomic mass is 35.5. The van der Waals surface area contributed by atoms with Crippen LogP contribution in [0, 0.1) is 0 Å². The van der Waals surface area contributed by atoms with Gasteiger partial charge in [0, 0.05) is 12.1 Å². The number of aromatic nitrogens is 2. The SMILES string of the molecule is O=C(NC1(CCl)CCC1)c1cn[nH]c1. The molecule has 4 nitrogen and oxygen atoms in total. The Labute approximate surface area is 87.0 Å². The van der Waals surface area contributed by atoms with E-state index in [-0.39, 0.29) is 11.4 Å². The van der Waals surface area contributed by atoms with E-state index in [1.807, 2.05) is 0 Å². The van der Waals surface area contributed by atoms with E-state index in [4.69, 9.17) is 11.6 Å². The second-order valence-electron chi connectivity index (χ2n) is 3.71. The molecule has 0 aromatic carbocycles. The maximum Gasteiger partial charge on any atom is 0.254 e. The van der Waals surface area contributed by atoms with Crippen molar-refractivity contribution in [3.05, 3.63) is 18.0 Å². The topological polar surface area (TPSA) is 57.8 Å². The summed E-state index contributed by atoms with van der Waals surface area (Å²) in [5.74, 6) is 0.385. The van der Waals surface area contributed by atoms with E-state index in [0.29, 0.717) is 11.4 Å². The van der Waals surface area contributed by atoms with Gasteiger partial charge in [-0.1, -0.05) is 0 Å². The molecule has 0 bridgehead atoms. The summed E-state index contributed by atoms with van der Waals surface area (Å²) in [6.07, 6.45) is 6.17. The van der Waals surface area contributed by atoms with E-state index in [9.17, 15) is 4.79 Å². The fraction of sp³-hybridized carbons (Fsp3) is 0.556. The van der Waals surface area contributed by atoms with Crippen LogP contribution in [-0.2, 0) is 0 Å². The highest BCUT2D eigenvalue weighted by Gasteiger charge is 2.37. The molecule has 1 aromatic rings. The molecule has 0 aliphatic heterocycles. The lowest BCUT2D eigenvalue weighted by Gasteiger charge is -2.40. The summed E-state index contributed by atoms with van der Waals surface area (Å²) in [4.78, 5) is 11.6. The molecule has 2 rings (SSSR count). The Bertz CT molecular complexity index is 313. The molecule has 76 valence electrons. The lowest BCUT2D eigenvalue weighted by Crippen LogP contribution is -2.54. The number of hydrogen-bond donors (Lipinski definition) is 2. The number of carbonyl (C=O) groups is 1. The zero-order chi connectivity index (χ0) is 10.0. The zero-order valence-corrected chi connectivity index (χ0v) is 8.47. The first-order chi connectivity index (χ1) is 6.76. The molecule has 1 fully saturated rings. The van der Waals surface area contributed by atoms with Crippen LogP contribution in [0.15, 0.2) is 12.4 Å². The van der Waals surface area contributed by atoms with E-state index >= 15 is 0 Å².